The number of hydrogen-bond donors (Lipinski definition) is 1. The van der Waals surface area contributed by atoms with Gasteiger partial charge >= 0.3 is 6.03 Å². The van der Waals surface area contributed by atoms with Crippen molar-refractivity contribution in [3.8, 4) is 5.75 Å². The molecule has 0 saturated carbocycles. The molecule has 1 aliphatic carbocycles. The molecule has 124 valence electrons. The molecular weight excluding hydrogens is 310 g/mol. The number of amides is 3. The van der Waals surface area contributed by atoms with Crippen molar-refractivity contribution < 1.29 is 18.8 Å². The van der Waals surface area contributed by atoms with Gasteiger partial charge in [-0.1, -0.05) is 11.2 Å². The third-order valence-corrected chi connectivity index (χ3v) is 4.83. The number of methoxy groups -OCH3 is 1. The first kappa shape index (κ1) is 14.7. The average Bonchev–Trinajstić information content (AvgIpc) is 3.28. The lowest BCUT2D eigenvalue weighted by atomic mass is 9.91. The molecule has 1 N–H and O–H groups in total. The maximum atomic E-state index is 13.0. The Balaban J connectivity index is 1.62. The van der Waals surface area contributed by atoms with Crippen molar-refractivity contribution in [3.63, 3.8) is 0 Å². The average molecular weight is 327 g/mol. The van der Waals surface area contributed by atoms with Crippen LogP contribution >= 0.6 is 0 Å². The van der Waals surface area contributed by atoms with Gasteiger partial charge in [-0.3, -0.25) is 9.69 Å². The molecule has 7 nitrogen and oxygen atoms in total. The van der Waals surface area contributed by atoms with Gasteiger partial charge in [0.15, 0.2) is 0 Å². The van der Waals surface area contributed by atoms with Crippen molar-refractivity contribution in [2.45, 2.75) is 24.8 Å². The van der Waals surface area contributed by atoms with Crippen LogP contribution in [0.5, 0.6) is 5.75 Å². The van der Waals surface area contributed by atoms with Gasteiger partial charge in [0.1, 0.15) is 17.6 Å². The molecule has 2 heterocycles. The van der Waals surface area contributed by atoms with Crippen molar-refractivity contribution in [3.05, 3.63) is 47.3 Å². The lowest BCUT2D eigenvalue weighted by molar-refractivity contribution is -0.131. The van der Waals surface area contributed by atoms with Crippen LogP contribution in [0.1, 0.15) is 23.1 Å². The lowest BCUT2D eigenvalue weighted by Gasteiger charge is -2.22. The van der Waals surface area contributed by atoms with Gasteiger partial charge in [0.25, 0.3) is 5.91 Å². The van der Waals surface area contributed by atoms with Crippen LogP contribution in [0.3, 0.4) is 0 Å². The van der Waals surface area contributed by atoms with Gasteiger partial charge in [0.05, 0.1) is 13.3 Å². The summed E-state index contributed by atoms with van der Waals surface area (Å²) in [4.78, 5) is 26.7. The Labute approximate surface area is 138 Å². The normalized spacial score (nSPS) is 22.1. The zero-order valence-electron chi connectivity index (χ0n) is 13.2. The monoisotopic (exact) mass is 327 g/mol. The SMILES string of the molecule is COc1ccc2c(c1)C1(CC2)NC(=O)N(CCc2cnoc2)C1=O. The Kier molecular flexibility index (Phi) is 3.30. The molecule has 0 bridgehead atoms. The van der Waals surface area contributed by atoms with Crippen molar-refractivity contribution in [1.82, 2.24) is 15.4 Å². The topological polar surface area (TPSA) is 84.7 Å². The summed E-state index contributed by atoms with van der Waals surface area (Å²) in [6.45, 7) is 0.299. The number of fused-ring (bicyclic) bond motifs is 2. The molecule has 1 aromatic heterocycles. The third kappa shape index (κ3) is 2.08. The summed E-state index contributed by atoms with van der Waals surface area (Å²) in [5, 5.41) is 6.54. The Morgan fingerprint density at radius 1 is 1.42 bits per heavy atom. The maximum Gasteiger partial charge on any atom is 0.325 e. The Hall–Kier alpha value is -2.83. The quantitative estimate of drug-likeness (QED) is 0.863. The van der Waals surface area contributed by atoms with E-state index in [-0.39, 0.29) is 11.9 Å². The van der Waals surface area contributed by atoms with E-state index in [0.29, 0.717) is 25.1 Å². The van der Waals surface area contributed by atoms with Crippen LogP contribution in [0.4, 0.5) is 4.79 Å². The Morgan fingerprint density at radius 2 is 2.29 bits per heavy atom. The summed E-state index contributed by atoms with van der Waals surface area (Å²) in [5.41, 5.74) is 1.80. The van der Waals surface area contributed by atoms with Gasteiger partial charge in [-0.15, -0.1) is 0 Å². The summed E-state index contributed by atoms with van der Waals surface area (Å²) in [6, 6.07) is 5.33. The van der Waals surface area contributed by atoms with Gasteiger partial charge in [0, 0.05) is 12.1 Å². The molecule has 1 saturated heterocycles. The minimum atomic E-state index is -0.963. The molecule has 1 atom stereocenters. The van der Waals surface area contributed by atoms with E-state index < -0.39 is 5.54 Å². The molecule has 2 aliphatic rings. The number of nitrogens with one attached hydrogen (secondary N) is 1. The van der Waals surface area contributed by atoms with E-state index >= 15 is 0 Å². The predicted octanol–water partition coefficient (Wildman–Crippen LogP) is 1.62. The fraction of sp³-hybridized carbons (Fsp3) is 0.353. The largest absolute Gasteiger partial charge is 0.497 e. The van der Waals surface area contributed by atoms with Crippen LogP contribution in [0.2, 0.25) is 0 Å². The number of imide groups is 1. The highest BCUT2D eigenvalue weighted by atomic mass is 16.5. The number of benzene rings is 1. The third-order valence-electron chi connectivity index (χ3n) is 4.83. The minimum absolute atomic E-state index is 0.198. The number of carbonyl (C=O) groups is 2. The van der Waals surface area contributed by atoms with Crippen molar-refractivity contribution in [1.29, 1.82) is 0 Å². The van der Waals surface area contributed by atoms with E-state index in [9.17, 15) is 9.59 Å². The van der Waals surface area contributed by atoms with E-state index in [1.807, 2.05) is 18.2 Å². The molecule has 3 amide bonds. The maximum absolute atomic E-state index is 13.0. The highest BCUT2D eigenvalue weighted by Gasteiger charge is 2.55. The lowest BCUT2D eigenvalue weighted by Crippen LogP contribution is -2.42. The van der Waals surface area contributed by atoms with Gasteiger partial charge in [-0.25, -0.2) is 4.79 Å². The second-order valence-corrected chi connectivity index (χ2v) is 6.10. The van der Waals surface area contributed by atoms with E-state index in [1.54, 1.807) is 13.3 Å². The summed E-state index contributed by atoms with van der Waals surface area (Å²) in [6.07, 6.45) is 4.95. The van der Waals surface area contributed by atoms with Crippen LogP contribution in [0.15, 0.2) is 35.2 Å². The van der Waals surface area contributed by atoms with Crippen LogP contribution in [-0.2, 0) is 23.2 Å². The molecule has 1 aromatic carbocycles. The number of nitrogens with zero attached hydrogens (tertiary/aromatic N) is 2. The fourth-order valence-electron chi connectivity index (χ4n) is 3.53. The molecule has 2 aromatic rings. The highest BCUT2D eigenvalue weighted by Crippen LogP contribution is 2.42. The van der Waals surface area contributed by atoms with Crippen molar-refractivity contribution >= 4 is 11.9 Å². The summed E-state index contributed by atoms with van der Waals surface area (Å²) in [5.74, 6) is 0.482. The summed E-state index contributed by atoms with van der Waals surface area (Å²) >= 11 is 0. The molecule has 1 unspecified atom stereocenters. The van der Waals surface area contributed by atoms with Crippen LogP contribution in [0.25, 0.3) is 0 Å². The molecule has 7 heteroatoms. The number of aryl methyl sites for hydroxylation is 1. The standard InChI is InChI=1S/C17H17N3O4/c1-23-13-3-2-12-4-6-17(14(12)8-13)15(21)20(16(22)19-17)7-5-11-9-18-24-10-11/h2-3,8-10H,4-7H2,1H3,(H,19,22). The zero-order valence-corrected chi connectivity index (χ0v) is 13.2. The fourth-order valence-corrected chi connectivity index (χ4v) is 3.53. The Bertz CT molecular complexity index is 802. The number of urea groups is 1. The number of ether oxygens (including phenoxy) is 1. The second kappa shape index (κ2) is 5.36. The van der Waals surface area contributed by atoms with Gasteiger partial charge < -0.3 is 14.6 Å². The van der Waals surface area contributed by atoms with Crippen molar-refractivity contribution in [2.24, 2.45) is 0 Å². The molecule has 4 rings (SSSR count). The predicted molar refractivity (Wildman–Crippen MR) is 83.4 cm³/mol. The molecule has 0 radical (unpaired) electrons. The van der Waals surface area contributed by atoms with E-state index in [1.165, 1.54) is 11.2 Å². The van der Waals surface area contributed by atoms with Gasteiger partial charge in [-0.05, 0) is 42.5 Å². The van der Waals surface area contributed by atoms with Gasteiger partial charge in [-0.2, -0.15) is 0 Å². The highest BCUT2D eigenvalue weighted by molar-refractivity contribution is 6.08. The van der Waals surface area contributed by atoms with Crippen LogP contribution < -0.4 is 10.1 Å². The van der Waals surface area contributed by atoms with Crippen LogP contribution in [0, 0.1) is 0 Å². The van der Waals surface area contributed by atoms with E-state index in [2.05, 4.69) is 10.5 Å². The molecule has 1 spiro atoms. The smallest absolute Gasteiger partial charge is 0.325 e. The summed E-state index contributed by atoms with van der Waals surface area (Å²) < 4.78 is 10.1. The molecular formula is C17H17N3O4. The number of aromatic nitrogens is 1. The van der Waals surface area contributed by atoms with E-state index in [4.69, 9.17) is 9.26 Å². The van der Waals surface area contributed by atoms with Gasteiger partial charge in [0.2, 0.25) is 0 Å². The minimum Gasteiger partial charge on any atom is -0.497 e. The molecule has 24 heavy (non-hydrogen) atoms. The second-order valence-electron chi connectivity index (χ2n) is 6.10. The number of rotatable bonds is 4. The molecule has 1 aliphatic heterocycles. The van der Waals surface area contributed by atoms with E-state index in [0.717, 1.165) is 23.1 Å². The summed E-state index contributed by atoms with van der Waals surface area (Å²) in [7, 11) is 1.59. The first-order chi connectivity index (χ1) is 11.6. The zero-order chi connectivity index (χ0) is 16.7. The number of carbonyl (C=O) groups excluding carboxylic acids is 2. The van der Waals surface area contributed by atoms with Crippen molar-refractivity contribution in [2.75, 3.05) is 13.7 Å². The first-order valence-electron chi connectivity index (χ1n) is 7.84. The first-order valence-corrected chi connectivity index (χ1v) is 7.84. The molecule has 1 fully saturated rings. The number of hydrogen-bond acceptors (Lipinski definition) is 5. The van der Waals surface area contributed by atoms with Crippen LogP contribution in [-0.4, -0.2) is 35.6 Å². The Morgan fingerprint density at radius 3 is 3.04 bits per heavy atom.